The average molecular weight is 478 g/mol. The second kappa shape index (κ2) is 11.9. The van der Waals surface area contributed by atoms with Crippen LogP contribution in [-0.4, -0.2) is 57.3 Å². The molecule has 1 fully saturated rings. The summed E-state index contributed by atoms with van der Waals surface area (Å²) in [7, 11) is 0. The Morgan fingerprint density at radius 2 is 2.19 bits per heavy atom. The van der Waals surface area contributed by atoms with Crippen LogP contribution in [0.15, 0.2) is 31.1 Å². The highest BCUT2D eigenvalue weighted by molar-refractivity contribution is 7.15. The number of aryl methyl sites for hydroxylation is 2. The molecule has 3 heterocycles. The summed E-state index contributed by atoms with van der Waals surface area (Å²) < 4.78 is 5.81. The van der Waals surface area contributed by atoms with Crippen LogP contribution >= 0.6 is 22.9 Å². The molecule has 0 N–H and O–H groups in total. The van der Waals surface area contributed by atoms with Crippen molar-refractivity contribution < 1.29 is 14.3 Å². The van der Waals surface area contributed by atoms with Crippen molar-refractivity contribution in [2.45, 2.75) is 51.7 Å². The zero-order valence-corrected chi connectivity index (χ0v) is 19.8. The van der Waals surface area contributed by atoms with Crippen molar-refractivity contribution >= 4 is 40.1 Å². The van der Waals surface area contributed by atoms with Crippen LogP contribution in [0.3, 0.4) is 0 Å². The second-order valence-electron chi connectivity index (χ2n) is 7.47. The van der Waals surface area contributed by atoms with Gasteiger partial charge in [-0.1, -0.05) is 43.6 Å². The van der Waals surface area contributed by atoms with Crippen LogP contribution < -0.4 is 4.90 Å². The fourth-order valence-electron chi connectivity index (χ4n) is 3.51. The number of pyridine rings is 1. The van der Waals surface area contributed by atoms with Gasteiger partial charge in [0.25, 0.3) is 0 Å². The largest absolute Gasteiger partial charge is 0.435 e. The number of hydrogen-bond acceptors (Lipinski definition) is 7. The van der Waals surface area contributed by atoms with E-state index in [1.807, 2.05) is 6.07 Å². The summed E-state index contributed by atoms with van der Waals surface area (Å²) >= 11 is 7.06. The molecule has 1 aliphatic heterocycles. The maximum Gasteiger partial charge on any atom is 0.341 e. The van der Waals surface area contributed by atoms with Gasteiger partial charge >= 0.3 is 12.0 Å². The van der Waals surface area contributed by atoms with Gasteiger partial charge in [-0.3, -0.25) is 4.98 Å². The van der Waals surface area contributed by atoms with Crippen molar-refractivity contribution in [1.82, 2.24) is 20.1 Å². The molecule has 2 amide bonds. The van der Waals surface area contributed by atoms with Gasteiger partial charge in [0, 0.05) is 31.2 Å². The summed E-state index contributed by atoms with van der Waals surface area (Å²) in [5.74, 6) is -0.0941. The number of halogens is 1. The molecule has 2 aromatic heterocycles. The summed E-state index contributed by atoms with van der Waals surface area (Å²) in [6.45, 7) is 6.42. The topological polar surface area (TPSA) is 88.5 Å². The van der Waals surface area contributed by atoms with E-state index in [9.17, 15) is 9.59 Å². The van der Waals surface area contributed by atoms with Gasteiger partial charge in [0.1, 0.15) is 5.01 Å². The van der Waals surface area contributed by atoms with Gasteiger partial charge in [0.2, 0.25) is 11.4 Å². The first-order chi connectivity index (χ1) is 15.6. The Hall–Kier alpha value is -2.52. The number of carbonyl (C=O) groups excluding carboxylic acids is 2. The number of unbranched alkanes of at least 4 members (excludes halogenated alkanes) is 3. The minimum absolute atomic E-state index is 0.215. The quantitative estimate of drug-likeness (QED) is 0.194. The third-order valence-corrected chi connectivity index (χ3v) is 6.31. The van der Waals surface area contributed by atoms with Crippen LogP contribution in [0.1, 0.15) is 53.5 Å². The number of esters is 1. The van der Waals surface area contributed by atoms with Crippen molar-refractivity contribution in [2.24, 2.45) is 0 Å². The number of aromatic nitrogens is 3. The van der Waals surface area contributed by atoms with Gasteiger partial charge in [0.15, 0.2) is 0 Å². The van der Waals surface area contributed by atoms with Crippen molar-refractivity contribution in [1.29, 1.82) is 0 Å². The summed E-state index contributed by atoms with van der Waals surface area (Å²) in [5, 5.41) is 9.32. The number of amides is 2. The highest BCUT2D eigenvalue weighted by Gasteiger charge is 2.42. The lowest BCUT2D eigenvalue weighted by Crippen LogP contribution is -2.37. The smallest absolute Gasteiger partial charge is 0.341 e. The number of hydrogen-bond donors (Lipinski definition) is 0. The average Bonchev–Trinajstić information content (AvgIpc) is 3.36. The van der Waals surface area contributed by atoms with Gasteiger partial charge in [-0.2, -0.15) is 0 Å². The number of alkyl halides is 1. The molecule has 1 unspecified atom stereocenters. The highest BCUT2D eigenvalue weighted by atomic mass is 35.5. The zero-order chi connectivity index (χ0) is 22.9. The van der Waals surface area contributed by atoms with E-state index in [1.165, 1.54) is 22.4 Å². The van der Waals surface area contributed by atoms with E-state index >= 15 is 0 Å². The van der Waals surface area contributed by atoms with Crippen molar-refractivity contribution in [2.75, 3.05) is 23.9 Å². The number of ether oxygens (including phenoxy) is 1. The molecule has 8 nitrogen and oxygen atoms in total. The molecule has 172 valence electrons. The monoisotopic (exact) mass is 477 g/mol. The SMILES string of the molecule is C=CCN1CC(OC(=O)c2cnccc2CCCCCC)N(c2nnc(CCCl)s2)C1=O. The number of rotatable bonds is 12. The minimum Gasteiger partial charge on any atom is -0.435 e. The van der Waals surface area contributed by atoms with Gasteiger partial charge < -0.3 is 9.64 Å². The first kappa shape index (κ1) is 24.1. The zero-order valence-electron chi connectivity index (χ0n) is 18.2. The molecule has 32 heavy (non-hydrogen) atoms. The predicted molar refractivity (Wildman–Crippen MR) is 125 cm³/mol. The van der Waals surface area contributed by atoms with Gasteiger partial charge in [-0.05, 0) is 24.5 Å². The molecule has 1 atom stereocenters. The van der Waals surface area contributed by atoms with Crippen molar-refractivity contribution in [3.05, 3.63) is 47.2 Å². The van der Waals surface area contributed by atoms with Crippen molar-refractivity contribution in [3.8, 4) is 0 Å². The van der Waals surface area contributed by atoms with E-state index in [1.54, 1.807) is 17.2 Å². The Balaban J connectivity index is 1.78. The summed E-state index contributed by atoms with van der Waals surface area (Å²) in [5.41, 5.74) is 1.33. The molecule has 10 heteroatoms. The third-order valence-electron chi connectivity index (χ3n) is 5.14. The molecule has 3 rings (SSSR count). The standard InChI is InChI=1S/C22H28ClN5O3S/c1-3-5-6-7-8-16-10-12-24-14-17(16)20(29)31-19-15-27(13-4-2)22(30)28(19)21-26-25-18(32-21)9-11-23/h4,10,12,14,19H,2-3,5-9,11,13,15H2,1H3. The maximum atomic E-state index is 13.1. The number of urea groups is 1. The Bertz CT molecular complexity index is 938. The normalized spacial score (nSPS) is 15.9. The fourth-order valence-corrected chi connectivity index (χ4v) is 4.67. The predicted octanol–water partition coefficient (Wildman–Crippen LogP) is 4.45. The molecular formula is C22H28ClN5O3S. The number of carbonyl (C=O) groups is 2. The van der Waals surface area contributed by atoms with Crippen LogP contribution in [0.5, 0.6) is 0 Å². The molecule has 0 aliphatic carbocycles. The molecule has 0 aromatic carbocycles. The molecule has 1 saturated heterocycles. The molecule has 0 bridgehead atoms. The Morgan fingerprint density at radius 1 is 1.34 bits per heavy atom. The summed E-state index contributed by atoms with van der Waals surface area (Å²) in [4.78, 5) is 33.1. The summed E-state index contributed by atoms with van der Waals surface area (Å²) in [6, 6.07) is 1.55. The Kier molecular flexibility index (Phi) is 8.99. The third kappa shape index (κ3) is 5.83. The minimum atomic E-state index is -0.820. The van der Waals surface area contributed by atoms with Crippen LogP contribution in [0.4, 0.5) is 9.93 Å². The van der Waals surface area contributed by atoms with E-state index in [0.717, 1.165) is 42.7 Å². The van der Waals surface area contributed by atoms with Crippen LogP contribution in [0.2, 0.25) is 0 Å². The fraction of sp³-hybridized carbons (Fsp3) is 0.500. The second-order valence-corrected chi connectivity index (χ2v) is 8.89. The van der Waals surface area contributed by atoms with E-state index in [4.69, 9.17) is 16.3 Å². The van der Waals surface area contributed by atoms with Gasteiger partial charge in [-0.15, -0.1) is 28.4 Å². The maximum absolute atomic E-state index is 13.1. The number of nitrogens with zero attached hydrogens (tertiary/aromatic N) is 5. The lowest BCUT2D eigenvalue weighted by Gasteiger charge is -2.20. The van der Waals surface area contributed by atoms with E-state index in [-0.39, 0.29) is 12.6 Å². The van der Waals surface area contributed by atoms with E-state index < -0.39 is 12.2 Å². The molecular weight excluding hydrogens is 450 g/mol. The van der Waals surface area contributed by atoms with E-state index in [2.05, 4.69) is 28.7 Å². The summed E-state index contributed by atoms with van der Waals surface area (Å²) in [6.07, 6.45) is 9.78. The van der Waals surface area contributed by atoms with Crippen LogP contribution in [0, 0.1) is 0 Å². The molecule has 1 aliphatic rings. The lowest BCUT2D eigenvalue weighted by molar-refractivity contribution is 0.0326. The molecule has 0 spiro atoms. The van der Waals surface area contributed by atoms with Crippen LogP contribution in [-0.2, 0) is 17.6 Å². The van der Waals surface area contributed by atoms with Crippen LogP contribution in [0.25, 0.3) is 0 Å². The van der Waals surface area contributed by atoms with E-state index in [0.29, 0.717) is 29.5 Å². The molecule has 0 radical (unpaired) electrons. The van der Waals surface area contributed by atoms with Crippen molar-refractivity contribution in [3.63, 3.8) is 0 Å². The Morgan fingerprint density at radius 3 is 2.94 bits per heavy atom. The lowest BCUT2D eigenvalue weighted by atomic mass is 10.0. The first-order valence-electron chi connectivity index (χ1n) is 10.8. The number of anilines is 1. The molecule has 2 aromatic rings. The Labute approximate surface area is 197 Å². The molecule has 0 saturated carbocycles. The highest BCUT2D eigenvalue weighted by Crippen LogP contribution is 2.29. The van der Waals surface area contributed by atoms with Gasteiger partial charge in [0.05, 0.1) is 12.1 Å². The first-order valence-corrected chi connectivity index (χ1v) is 12.1. The van der Waals surface area contributed by atoms with Gasteiger partial charge in [-0.25, -0.2) is 14.5 Å².